The van der Waals surface area contributed by atoms with Crippen molar-refractivity contribution in [3.63, 3.8) is 0 Å². The first-order chi connectivity index (χ1) is 10.1. The molecule has 1 heterocycles. The molecule has 0 aliphatic carbocycles. The maximum absolute atomic E-state index is 10.7. The van der Waals surface area contributed by atoms with Crippen molar-refractivity contribution in [1.82, 2.24) is 9.80 Å². The number of nitrogens with zero attached hydrogens (tertiary/aromatic N) is 3. The molecule has 1 aromatic carbocycles. The third-order valence-corrected chi connectivity index (χ3v) is 3.68. The van der Waals surface area contributed by atoms with E-state index in [1.54, 1.807) is 0 Å². The molecule has 21 heavy (non-hydrogen) atoms. The Labute approximate surface area is 124 Å². The second-order valence-corrected chi connectivity index (χ2v) is 5.33. The summed E-state index contributed by atoms with van der Waals surface area (Å²) in [7, 11) is 2.13. The van der Waals surface area contributed by atoms with Gasteiger partial charge in [0.15, 0.2) is 0 Å². The Morgan fingerprint density at radius 1 is 1.33 bits per heavy atom. The fourth-order valence-corrected chi connectivity index (χ4v) is 2.30. The summed E-state index contributed by atoms with van der Waals surface area (Å²) >= 11 is 0. The van der Waals surface area contributed by atoms with Crippen LogP contribution in [0.3, 0.4) is 0 Å². The van der Waals surface area contributed by atoms with Crippen LogP contribution in [-0.2, 0) is 0 Å². The molecule has 1 aliphatic heterocycles. The van der Waals surface area contributed by atoms with Crippen LogP contribution in [0.15, 0.2) is 18.2 Å². The molecule has 1 fully saturated rings. The highest BCUT2D eigenvalue weighted by molar-refractivity contribution is 5.57. The number of hydrogen-bond donors (Lipinski definition) is 1. The Morgan fingerprint density at radius 2 is 2.05 bits per heavy atom. The van der Waals surface area contributed by atoms with Gasteiger partial charge < -0.3 is 20.3 Å². The third kappa shape index (κ3) is 4.57. The molecule has 0 aromatic heterocycles. The molecule has 1 aromatic rings. The number of anilines is 1. The smallest absolute Gasteiger partial charge is 0.273 e. The number of rotatable bonds is 6. The van der Waals surface area contributed by atoms with Gasteiger partial charge in [-0.25, -0.2) is 0 Å². The van der Waals surface area contributed by atoms with Crippen molar-refractivity contribution in [3.05, 3.63) is 28.3 Å². The second-order valence-electron chi connectivity index (χ2n) is 5.33. The normalized spacial score (nSPS) is 16.8. The molecular weight excluding hydrogens is 272 g/mol. The lowest BCUT2D eigenvalue weighted by molar-refractivity contribution is -0.384. The minimum absolute atomic E-state index is 0.00160. The molecule has 0 bridgehead atoms. The Kier molecular flexibility index (Phi) is 5.35. The summed E-state index contributed by atoms with van der Waals surface area (Å²) < 4.78 is 5.57. The lowest BCUT2D eigenvalue weighted by Gasteiger charge is -2.32. The summed E-state index contributed by atoms with van der Waals surface area (Å²) in [4.78, 5) is 15.0. The molecule has 116 valence electrons. The van der Waals surface area contributed by atoms with Gasteiger partial charge in [0.05, 0.1) is 23.3 Å². The third-order valence-electron chi connectivity index (χ3n) is 3.68. The van der Waals surface area contributed by atoms with Crippen molar-refractivity contribution < 1.29 is 9.66 Å². The largest absolute Gasteiger partial charge is 0.491 e. The molecule has 0 spiro atoms. The average molecular weight is 294 g/mol. The lowest BCUT2D eigenvalue weighted by Crippen LogP contribution is -2.44. The SMILES string of the molecule is CN1CCN(CCCOc2cc([N+](=O)[O-])ccc2N)CC1. The van der Waals surface area contributed by atoms with Crippen molar-refractivity contribution in [2.75, 3.05) is 52.1 Å². The van der Waals surface area contributed by atoms with E-state index in [0.717, 1.165) is 39.1 Å². The van der Waals surface area contributed by atoms with E-state index < -0.39 is 4.92 Å². The summed E-state index contributed by atoms with van der Waals surface area (Å²) in [6, 6.07) is 4.27. The van der Waals surface area contributed by atoms with Crippen molar-refractivity contribution >= 4 is 11.4 Å². The van der Waals surface area contributed by atoms with Crippen molar-refractivity contribution in [3.8, 4) is 5.75 Å². The number of benzene rings is 1. The van der Waals surface area contributed by atoms with Gasteiger partial charge in [-0.05, 0) is 19.5 Å². The van der Waals surface area contributed by atoms with Crippen LogP contribution in [0.25, 0.3) is 0 Å². The van der Waals surface area contributed by atoms with Gasteiger partial charge in [-0.2, -0.15) is 0 Å². The number of non-ortho nitro benzene ring substituents is 1. The Bertz CT molecular complexity index is 487. The minimum Gasteiger partial charge on any atom is -0.491 e. The monoisotopic (exact) mass is 294 g/mol. The highest BCUT2D eigenvalue weighted by atomic mass is 16.6. The van der Waals surface area contributed by atoms with Crippen LogP contribution in [0.4, 0.5) is 11.4 Å². The predicted octanol–water partition coefficient (Wildman–Crippen LogP) is 1.19. The van der Waals surface area contributed by atoms with E-state index >= 15 is 0 Å². The molecule has 1 aliphatic rings. The van der Waals surface area contributed by atoms with Crippen LogP contribution in [0.2, 0.25) is 0 Å². The molecule has 2 rings (SSSR count). The Balaban J connectivity index is 1.75. The number of nitro benzene ring substituents is 1. The van der Waals surface area contributed by atoms with E-state index in [1.165, 1.54) is 18.2 Å². The maximum atomic E-state index is 10.7. The fourth-order valence-electron chi connectivity index (χ4n) is 2.30. The number of nitro groups is 1. The summed E-state index contributed by atoms with van der Waals surface area (Å²) in [5.74, 6) is 0.391. The highest BCUT2D eigenvalue weighted by Gasteiger charge is 2.13. The van der Waals surface area contributed by atoms with Gasteiger partial charge in [-0.15, -0.1) is 0 Å². The molecular formula is C14H22N4O3. The van der Waals surface area contributed by atoms with Crippen molar-refractivity contribution in [2.45, 2.75) is 6.42 Å². The number of nitrogens with two attached hydrogens (primary N) is 1. The number of hydrogen-bond acceptors (Lipinski definition) is 6. The highest BCUT2D eigenvalue weighted by Crippen LogP contribution is 2.26. The van der Waals surface area contributed by atoms with Gasteiger partial charge in [-0.3, -0.25) is 10.1 Å². The number of ether oxygens (including phenoxy) is 1. The van der Waals surface area contributed by atoms with E-state index in [9.17, 15) is 10.1 Å². The zero-order chi connectivity index (χ0) is 15.2. The number of nitrogen functional groups attached to an aromatic ring is 1. The summed E-state index contributed by atoms with van der Waals surface area (Å²) in [6.07, 6.45) is 0.881. The van der Waals surface area contributed by atoms with Gasteiger partial charge in [0, 0.05) is 38.8 Å². The van der Waals surface area contributed by atoms with Gasteiger partial charge in [0.1, 0.15) is 5.75 Å². The lowest BCUT2D eigenvalue weighted by atomic mass is 10.2. The van der Waals surface area contributed by atoms with Crippen LogP contribution in [0, 0.1) is 10.1 Å². The molecule has 0 saturated carbocycles. The quantitative estimate of drug-likeness (QED) is 0.367. The first kappa shape index (κ1) is 15.5. The van der Waals surface area contributed by atoms with E-state index in [1.807, 2.05) is 0 Å². The van der Waals surface area contributed by atoms with Crippen LogP contribution in [0.5, 0.6) is 5.75 Å². The second kappa shape index (κ2) is 7.24. The number of piperazine rings is 1. The predicted molar refractivity (Wildman–Crippen MR) is 81.6 cm³/mol. The molecule has 0 radical (unpaired) electrons. The van der Waals surface area contributed by atoms with E-state index in [4.69, 9.17) is 10.5 Å². The molecule has 7 heteroatoms. The van der Waals surface area contributed by atoms with Gasteiger partial charge in [0.25, 0.3) is 5.69 Å². The molecule has 0 unspecified atom stereocenters. The van der Waals surface area contributed by atoms with Crippen molar-refractivity contribution in [1.29, 1.82) is 0 Å². The fraction of sp³-hybridized carbons (Fsp3) is 0.571. The zero-order valence-corrected chi connectivity index (χ0v) is 12.3. The summed E-state index contributed by atoms with van der Waals surface area (Å²) in [6.45, 7) is 5.84. The molecule has 7 nitrogen and oxygen atoms in total. The van der Waals surface area contributed by atoms with Crippen molar-refractivity contribution in [2.24, 2.45) is 0 Å². The van der Waals surface area contributed by atoms with Gasteiger partial charge in [-0.1, -0.05) is 0 Å². The summed E-state index contributed by atoms with van der Waals surface area (Å²) in [5.41, 5.74) is 6.20. The number of likely N-dealkylation sites (N-methyl/N-ethyl adjacent to an activating group) is 1. The van der Waals surface area contributed by atoms with E-state index in [-0.39, 0.29) is 5.69 Å². The standard InChI is InChI=1S/C14H22N4O3/c1-16-6-8-17(9-7-16)5-2-10-21-14-11-12(18(19)20)3-4-13(14)15/h3-4,11H,2,5-10,15H2,1H3. The zero-order valence-electron chi connectivity index (χ0n) is 12.3. The average Bonchev–Trinajstić information content (AvgIpc) is 2.47. The van der Waals surface area contributed by atoms with E-state index in [0.29, 0.717) is 18.0 Å². The Morgan fingerprint density at radius 3 is 2.71 bits per heavy atom. The van der Waals surface area contributed by atoms with E-state index in [2.05, 4.69) is 16.8 Å². The van der Waals surface area contributed by atoms with Gasteiger partial charge >= 0.3 is 0 Å². The maximum Gasteiger partial charge on any atom is 0.273 e. The Hall–Kier alpha value is -1.86. The molecule has 0 atom stereocenters. The first-order valence-corrected chi connectivity index (χ1v) is 7.14. The first-order valence-electron chi connectivity index (χ1n) is 7.14. The minimum atomic E-state index is -0.448. The summed E-state index contributed by atoms with van der Waals surface area (Å²) in [5, 5.41) is 10.7. The molecule has 1 saturated heterocycles. The van der Waals surface area contributed by atoms with Crippen LogP contribution >= 0.6 is 0 Å². The van der Waals surface area contributed by atoms with Crippen LogP contribution in [-0.4, -0.2) is 61.1 Å². The van der Waals surface area contributed by atoms with Crippen LogP contribution < -0.4 is 10.5 Å². The topological polar surface area (TPSA) is 84.9 Å². The van der Waals surface area contributed by atoms with Gasteiger partial charge in [0.2, 0.25) is 0 Å². The van der Waals surface area contributed by atoms with Crippen LogP contribution in [0.1, 0.15) is 6.42 Å². The molecule has 2 N–H and O–H groups in total. The molecule has 0 amide bonds.